The van der Waals surface area contributed by atoms with Crippen LogP contribution in [0.1, 0.15) is 32.1 Å². The Balaban J connectivity index is 2.12. The van der Waals surface area contributed by atoms with Crippen molar-refractivity contribution in [2.75, 3.05) is 0 Å². The smallest absolute Gasteiger partial charge is 0.336 e. The topological polar surface area (TPSA) is 0 Å². The summed E-state index contributed by atoms with van der Waals surface area (Å²) in [5, 5.41) is 0. The van der Waals surface area contributed by atoms with Crippen molar-refractivity contribution in [3.05, 3.63) is 0 Å². The Labute approximate surface area is 57.0 Å². The summed E-state index contributed by atoms with van der Waals surface area (Å²) in [5.41, 5.74) is 0. The van der Waals surface area contributed by atoms with E-state index >= 15 is 0 Å². The maximum atomic E-state index is 12.6. The number of rotatable bonds is 0. The SMILES string of the molecule is FB1CCCCCCC1. The average molecular weight is 128 g/mol. The first kappa shape index (κ1) is 7.11. The van der Waals surface area contributed by atoms with Crippen molar-refractivity contribution in [1.29, 1.82) is 0 Å². The molecule has 0 N–H and O–H groups in total. The van der Waals surface area contributed by atoms with Gasteiger partial charge in [0.2, 0.25) is 0 Å². The number of hydrogen-bond donors (Lipinski definition) is 0. The molecule has 0 atom stereocenters. The minimum Gasteiger partial charge on any atom is -0.336 e. The fraction of sp³-hybridized carbons (Fsp3) is 1.00. The molecule has 0 saturated carbocycles. The molecule has 0 amide bonds. The molecule has 1 saturated heterocycles. The van der Waals surface area contributed by atoms with Crippen LogP contribution in [0.15, 0.2) is 0 Å². The molecule has 52 valence electrons. The van der Waals surface area contributed by atoms with E-state index in [2.05, 4.69) is 0 Å². The molecule has 1 aliphatic rings. The second-order valence-corrected chi connectivity index (χ2v) is 2.94. The van der Waals surface area contributed by atoms with E-state index in [1.165, 1.54) is 19.3 Å². The van der Waals surface area contributed by atoms with Gasteiger partial charge in [0.1, 0.15) is 0 Å². The number of hydrogen-bond acceptors (Lipinski definition) is 0. The van der Waals surface area contributed by atoms with E-state index in [0.717, 1.165) is 25.5 Å². The molecule has 0 aliphatic carbocycles. The summed E-state index contributed by atoms with van der Waals surface area (Å²) in [6, 6.07) is 0. The highest BCUT2D eigenvalue weighted by Gasteiger charge is 2.13. The molecule has 1 heterocycles. The lowest BCUT2D eigenvalue weighted by Crippen LogP contribution is -2.06. The van der Waals surface area contributed by atoms with Crippen LogP contribution in [-0.2, 0) is 0 Å². The van der Waals surface area contributed by atoms with E-state index < -0.39 is 6.99 Å². The predicted octanol–water partition coefficient (Wildman–Crippen LogP) is 2.91. The molecule has 1 fully saturated rings. The van der Waals surface area contributed by atoms with Crippen LogP contribution in [0.3, 0.4) is 0 Å². The van der Waals surface area contributed by atoms with Gasteiger partial charge in [0.25, 0.3) is 0 Å². The summed E-state index contributed by atoms with van der Waals surface area (Å²) in [7, 11) is 0. The Morgan fingerprint density at radius 1 is 0.778 bits per heavy atom. The van der Waals surface area contributed by atoms with Gasteiger partial charge in [0, 0.05) is 0 Å². The van der Waals surface area contributed by atoms with Crippen molar-refractivity contribution >= 4 is 6.99 Å². The van der Waals surface area contributed by atoms with Gasteiger partial charge in [-0.15, -0.1) is 0 Å². The molecule has 0 nitrogen and oxygen atoms in total. The second kappa shape index (κ2) is 3.92. The highest BCUT2D eigenvalue weighted by Crippen LogP contribution is 2.17. The van der Waals surface area contributed by atoms with Gasteiger partial charge in [-0.2, -0.15) is 0 Å². The van der Waals surface area contributed by atoms with Crippen LogP contribution in [0, 0.1) is 0 Å². The summed E-state index contributed by atoms with van der Waals surface area (Å²) in [6.45, 7) is -0.481. The van der Waals surface area contributed by atoms with Crippen LogP contribution in [-0.4, -0.2) is 6.99 Å². The van der Waals surface area contributed by atoms with E-state index in [1.807, 2.05) is 0 Å². The molecule has 0 aromatic carbocycles. The molecule has 2 heteroatoms. The van der Waals surface area contributed by atoms with Gasteiger partial charge in [-0.3, -0.25) is 0 Å². The molecule has 9 heavy (non-hydrogen) atoms. The van der Waals surface area contributed by atoms with Gasteiger partial charge in [-0.1, -0.05) is 32.1 Å². The molecule has 0 aromatic rings. The summed E-state index contributed by atoms with van der Waals surface area (Å²) < 4.78 is 12.6. The van der Waals surface area contributed by atoms with Crippen molar-refractivity contribution in [2.45, 2.75) is 44.7 Å². The number of halogens is 1. The lowest BCUT2D eigenvalue weighted by molar-refractivity contribution is 0.612. The van der Waals surface area contributed by atoms with Gasteiger partial charge in [0.15, 0.2) is 0 Å². The molecule has 0 radical (unpaired) electrons. The molecule has 0 bridgehead atoms. The van der Waals surface area contributed by atoms with Gasteiger partial charge in [-0.25, -0.2) is 0 Å². The molecule has 1 rings (SSSR count). The van der Waals surface area contributed by atoms with Crippen LogP contribution in [0.25, 0.3) is 0 Å². The van der Waals surface area contributed by atoms with Gasteiger partial charge in [0.05, 0.1) is 0 Å². The minimum absolute atomic E-state index is 0.481. The van der Waals surface area contributed by atoms with Crippen molar-refractivity contribution in [2.24, 2.45) is 0 Å². The second-order valence-electron chi connectivity index (χ2n) is 2.94. The Morgan fingerprint density at radius 3 is 1.78 bits per heavy atom. The zero-order chi connectivity index (χ0) is 6.53. The highest BCUT2D eigenvalue weighted by molar-refractivity contribution is 6.50. The maximum Gasteiger partial charge on any atom is 0.348 e. The Kier molecular flexibility index (Phi) is 3.09. The van der Waals surface area contributed by atoms with Crippen molar-refractivity contribution in [3.63, 3.8) is 0 Å². The zero-order valence-corrected chi connectivity index (χ0v) is 5.91. The van der Waals surface area contributed by atoms with Crippen LogP contribution in [0.5, 0.6) is 0 Å². The first-order valence-corrected chi connectivity index (χ1v) is 4.03. The summed E-state index contributed by atoms with van der Waals surface area (Å²) in [4.78, 5) is 0. The maximum absolute atomic E-state index is 12.6. The average Bonchev–Trinajstić information content (AvgIpc) is 1.79. The molecule has 0 aromatic heterocycles. The first-order valence-electron chi connectivity index (χ1n) is 4.03. The Hall–Kier alpha value is -0.00506. The third kappa shape index (κ3) is 2.88. The van der Waals surface area contributed by atoms with Crippen LogP contribution >= 0.6 is 0 Å². The lowest BCUT2D eigenvalue weighted by atomic mass is 9.61. The Bertz CT molecular complexity index is 67.3. The van der Waals surface area contributed by atoms with E-state index in [9.17, 15) is 4.32 Å². The fourth-order valence-electron chi connectivity index (χ4n) is 1.41. The third-order valence-electron chi connectivity index (χ3n) is 2.03. The van der Waals surface area contributed by atoms with Crippen LogP contribution in [0.4, 0.5) is 4.32 Å². The van der Waals surface area contributed by atoms with E-state index in [-0.39, 0.29) is 0 Å². The molecule has 0 spiro atoms. The first-order chi connectivity index (χ1) is 4.39. The van der Waals surface area contributed by atoms with Crippen molar-refractivity contribution in [3.8, 4) is 0 Å². The normalized spacial score (nSPS) is 23.0. The molecular weight excluding hydrogens is 114 g/mol. The van der Waals surface area contributed by atoms with Gasteiger partial charge < -0.3 is 4.32 Å². The highest BCUT2D eigenvalue weighted by atomic mass is 19.1. The largest absolute Gasteiger partial charge is 0.348 e. The molecular formula is C7H14BF. The van der Waals surface area contributed by atoms with Crippen molar-refractivity contribution in [1.82, 2.24) is 0 Å². The Morgan fingerprint density at radius 2 is 1.22 bits per heavy atom. The monoisotopic (exact) mass is 128 g/mol. The van der Waals surface area contributed by atoms with Crippen LogP contribution in [0.2, 0.25) is 12.6 Å². The van der Waals surface area contributed by atoms with Gasteiger partial charge >= 0.3 is 6.99 Å². The van der Waals surface area contributed by atoms with E-state index in [4.69, 9.17) is 0 Å². The fourth-order valence-corrected chi connectivity index (χ4v) is 1.41. The third-order valence-corrected chi connectivity index (χ3v) is 2.03. The van der Waals surface area contributed by atoms with Gasteiger partial charge in [-0.05, 0) is 12.6 Å². The molecule has 1 aliphatic heterocycles. The zero-order valence-electron chi connectivity index (χ0n) is 5.91. The van der Waals surface area contributed by atoms with Crippen molar-refractivity contribution < 1.29 is 4.32 Å². The summed E-state index contributed by atoms with van der Waals surface area (Å²) in [5.74, 6) is 0. The quantitative estimate of drug-likeness (QED) is 0.440. The van der Waals surface area contributed by atoms with E-state index in [0.29, 0.717) is 0 Å². The summed E-state index contributed by atoms with van der Waals surface area (Å²) >= 11 is 0. The lowest BCUT2D eigenvalue weighted by Gasteiger charge is -2.07. The van der Waals surface area contributed by atoms with Crippen LogP contribution < -0.4 is 0 Å². The summed E-state index contributed by atoms with van der Waals surface area (Å²) in [6.07, 6.45) is 7.69. The molecule has 0 unspecified atom stereocenters. The standard InChI is InChI=1S/C7H14BF/c9-8-6-4-2-1-3-5-7-8/h1-7H2. The van der Waals surface area contributed by atoms with E-state index in [1.54, 1.807) is 0 Å². The predicted molar refractivity (Wildman–Crippen MR) is 39.6 cm³/mol. The minimum atomic E-state index is -0.481.